The molecule has 0 atom stereocenters. The van der Waals surface area contributed by atoms with Gasteiger partial charge >= 0.3 is 5.69 Å². The number of allylic oxidation sites excluding steroid dienone is 2. The van der Waals surface area contributed by atoms with Gasteiger partial charge in [0, 0.05) is 37.5 Å². The van der Waals surface area contributed by atoms with E-state index < -0.39 is 17.4 Å². The summed E-state index contributed by atoms with van der Waals surface area (Å²) in [6.45, 7) is 8.64. The quantitative estimate of drug-likeness (QED) is 0.335. The number of imidazole rings is 1. The average molecular weight is 493 g/mol. The van der Waals surface area contributed by atoms with Crippen LogP contribution in [0.3, 0.4) is 0 Å². The summed E-state index contributed by atoms with van der Waals surface area (Å²) in [5.41, 5.74) is 0.744. The molecule has 1 amide bonds. The largest absolute Gasteiger partial charge is 0.493 e. The second-order valence-corrected chi connectivity index (χ2v) is 8.60. The molecule has 1 saturated heterocycles. The van der Waals surface area contributed by atoms with Crippen molar-refractivity contribution in [2.24, 2.45) is 4.99 Å². The van der Waals surface area contributed by atoms with E-state index in [1.807, 2.05) is 11.0 Å². The van der Waals surface area contributed by atoms with Crippen LogP contribution in [0.4, 0.5) is 10.2 Å². The molecule has 0 unspecified atom stereocenters. The average Bonchev–Trinajstić information content (AvgIpc) is 3.52. The van der Waals surface area contributed by atoms with E-state index in [-0.39, 0.29) is 23.2 Å². The van der Waals surface area contributed by atoms with Crippen LogP contribution in [0.5, 0.6) is 5.88 Å². The number of anilines is 1. The number of hydrogen-bond donors (Lipinski definition) is 3. The van der Waals surface area contributed by atoms with Gasteiger partial charge in [-0.3, -0.25) is 14.8 Å². The Balaban J connectivity index is 1.49. The molecular formula is C24H25FN8O3. The number of aromatic nitrogens is 5. The van der Waals surface area contributed by atoms with E-state index in [2.05, 4.69) is 28.2 Å². The van der Waals surface area contributed by atoms with Gasteiger partial charge in [-0.1, -0.05) is 19.2 Å². The molecule has 36 heavy (non-hydrogen) atoms. The van der Waals surface area contributed by atoms with Crippen molar-refractivity contribution in [3.05, 3.63) is 75.9 Å². The van der Waals surface area contributed by atoms with Gasteiger partial charge < -0.3 is 19.9 Å². The van der Waals surface area contributed by atoms with Gasteiger partial charge in [-0.2, -0.15) is 9.61 Å². The minimum absolute atomic E-state index is 0.103. The second kappa shape index (κ2) is 9.29. The van der Waals surface area contributed by atoms with Crippen molar-refractivity contribution in [1.29, 1.82) is 0 Å². The van der Waals surface area contributed by atoms with E-state index in [1.165, 1.54) is 6.08 Å². The van der Waals surface area contributed by atoms with Crippen molar-refractivity contribution in [2.45, 2.75) is 18.9 Å². The summed E-state index contributed by atoms with van der Waals surface area (Å²) in [5, 5.41) is 15.0. The zero-order chi connectivity index (χ0) is 25.4. The molecular weight excluding hydrogens is 467 g/mol. The van der Waals surface area contributed by atoms with Gasteiger partial charge in [0.2, 0.25) is 5.88 Å². The van der Waals surface area contributed by atoms with E-state index in [1.54, 1.807) is 21.7 Å². The van der Waals surface area contributed by atoms with E-state index in [9.17, 15) is 19.1 Å². The Hall–Kier alpha value is -4.48. The zero-order valence-corrected chi connectivity index (χ0v) is 19.4. The van der Waals surface area contributed by atoms with Crippen LogP contribution in [0.1, 0.15) is 18.5 Å². The normalized spacial score (nSPS) is 18.0. The maximum atomic E-state index is 14.0. The molecule has 186 valence electrons. The van der Waals surface area contributed by atoms with E-state index in [0.29, 0.717) is 48.4 Å². The summed E-state index contributed by atoms with van der Waals surface area (Å²) in [6.07, 6.45) is 7.41. The Kier molecular flexibility index (Phi) is 6.00. The van der Waals surface area contributed by atoms with Crippen LogP contribution in [0, 0.1) is 0 Å². The van der Waals surface area contributed by atoms with E-state index in [0.717, 1.165) is 18.9 Å². The van der Waals surface area contributed by atoms with E-state index >= 15 is 0 Å². The summed E-state index contributed by atoms with van der Waals surface area (Å²) >= 11 is 0. The molecule has 0 bridgehead atoms. The topological polar surface area (TPSA) is 135 Å². The first kappa shape index (κ1) is 23.3. The molecule has 2 fully saturated rings. The zero-order valence-electron chi connectivity index (χ0n) is 19.4. The van der Waals surface area contributed by atoms with Crippen molar-refractivity contribution in [1.82, 2.24) is 29.5 Å². The number of carbonyl (C=O) groups excluding carboxylic acids is 1. The number of piperazine rings is 1. The number of carbonyl (C=O) groups is 1. The van der Waals surface area contributed by atoms with Crippen LogP contribution in [0.15, 0.2) is 58.8 Å². The number of fused-ring (bicyclic) bond motifs is 1. The van der Waals surface area contributed by atoms with E-state index in [4.69, 9.17) is 9.98 Å². The Bertz CT molecular complexity index is 1570. The molecule has 2 aliphatic rings. The molecule has 1 saturated carbocycles. The first-order valence-corrected chi connectivity index (χ1v) is 11.5. The van der Waals surface area contributed by atoms with Crippen LogP contribution in [-0.4, -0.2) is 72.7 Å². The lowest BCUT2D eigenvalue weighted by Gasteiger charge is -2.35. The highest BCUT2D eigenvalue weighted by molar-refractivity contribution is 5.97. The Morgan fingerprint density at radius 3 is 2.56 bits per heavy atom. The maximum Gasteiger partial charge on any atom is 0.326 e. The van der Waals surface area contributed by atoms with Gasteiger partial charge in [0.15, 0.2) is 11.1 Å². The number of nitrogens with zero attached hydrogens (tertiary/aromatic N) is 6. The third kappa shape index (κ3) is 4.44. The van der Waals surface area contributed by atoms with Gasteiger partial charge in [0.1, 0.15) is 17.3 Å². The fourth-order valence-electron chi connectivity index (χ4n) is 4.05. The monoisotopic (exact) mass is 492 g/mol. The number of H-pyrrole nitrogens is 2. The SMILES string of the molecule is C=CC(F)=C(C=C)C(=O)N1CCN(c2cc(=NC3CC3)n3ncc(=Cc4[nH]c(=O)[nH]c4O)c3n2)CC1. The van der Waals surface area contributed by atoms with Crippen LogP contribution in [-0.2, 0) is 4.79 Å². The molecule has 0 spiro atoms. The molecule has 0 aromatic carbocycles. The standard InChI is InChI=1S/C24H25FN8O3/c1-3-16(17(25)4-2)23(35)32-9-7-31(8-10-32)19-12-20(27-15-5-6-15)33-21(29-19)14(13-26-33)11-18-22(34)30-24(36)28-18/h3-4,11-13,15,34H,1-2,5-10H2,(H2,28,30,36). The lowest BCUT2D eigenvalue weighted by molar-refractivity contribution is -0.127. The summed E-state index contributed by atoms with van der Waals surface area (Å²) < 4.78 is 15.6. The molecule has 3 aromatic rings. The minimum atomic E-state index is -0.699. The lowest BCUT2D eigenvalue weighted by Crippen LogP contribution is -2.49. The second-order valence-electron chi connectivity index (χ2n) is 8.60. The summed E-state index contributed by atoms with van der Waals surface area (Å²) in [7, 11) is 0. The van der Waals surface area contributed by atoms with Gasteiger partial charge in [0.05, 0.1) is 17.8 Å². The molecule has 1 aliphatic heterocycles. The molecule has 5 rings (SSSR count). The van der Waals surface area contributed by atoms with Crippen LogP contribution in [0.25, 0.3) is 11.7 Å². The molecule has 4 heterocycles. The fraction of sp³-hybridized carbons (Fsp3) is 0.292. The number of aromatic amines is 2. The smallest absolute Gasteiger partial charge is 0.326 e. The molecule has 0 radical (unpaired) electrons. The Labute approximate surface area is 204 Å². The number of halogens is 1. The van der Waals surface area contributed by atoms with Crippen LogP contribution >= 0.6 is 0 Å². The molecule has 3 N–H and O–H groups in total. The summed E-state index contributed by atoms with van der Waals surface area (Å²) in [5.74, 6) is -0.745. The molecule has 1 aliphatic carbocycles. The highest BCUT2D eigenvalue weighted by atomic mass is 19.1. The van der Waals surface area contributed by atoms with Crippen molar-refractivity contribution in [3.8, 4) is 5.88 Å². The van der Waals surface area contributed by atoms with Crippen molar-refractivity contribution in [2.75, 3.05) is 31.1 Å². The molecule has 11 nitrogen and oxygen atoms in total. The summed E-state index contributed by atoms with van der Waals surface area (Å²) in [4.78, 5) is 42.2. The first-order chi connectivity index (χ1) is 17.4. The third-order valence-electron chi connectivity index (χ3n) is 6.13. The molecule has 3 aromatic heterocycles. The van der Waals surface area contributed by atoms with Gasteiger partial charge in [-0.15, -0.1) is 0 Å². The Morgan fingerprint density at radius 2 is 1.94 bits per heavy atom. The number of aromatic hydroxyl groups is 1. The predicted octanol–water partition coefficient (Wildman–Crippen LogP) is 0.306. The van der Waals surface area contributed by atoms with Crippen LogP contribution < -0.4 is 21.3 Å². The van der Waals surface area contributed by atoms with Crippen LogP contribution in [0.2, 0.25) is 0 Å². The Morgan fingerprint density at radius 1 is 1.19 bits per heavy atom. The van der Waals surface area contributed by atoms with Gasteiger partial charge in [-0.25, -0.2) is 14.2 Å². The highest BCUT2D eigenvalue weighted by Crippen LogP contribution is 2.23. The number of nitrogens with one attached hydrogen (secondary N) is 2. The van der Waals surface area contributed by atoms with Gasteiger partial charge in [0.25, 0.3) is 5.91 Å². The number of amides is 1. The van der Waals surface area contributed by atoms with Crippen molar-refractivity contribution in [3.63, 3.8) is 0 Å². The van der Waals surface area contributed by atoms with Crippen molar-refractivity contribution >= 4 is 23.4 Å². The lowest BCUT2D eigenvalue weighted by atomic mass is 10.1. The fourth-order valence-corrected chi connectivity index (χ4v) is 4.05. The highest BCUT2D eigenvalue weighted by Gasteiger charge is 2.26. The van der Waals surface area contributed by atoms with Gasteiger partial charge in [-0.05, 0) is 25.0 Å². The predicted molar refractivity (Wildman–Crippen MR) is 131 cm³/mol. The molecule has 12 heteroatoms. The third-order valence-corrected chi connectivity index (χ3v) is 6.13. The number of hydrogen-bond acceptors (Lipinski definition) is 7. The van der Waals surface area contributed by atoms with Crippen molar-refractivity contribution < 1.29 is 14.3 Å². The summed E-state index contributed by atoms with van der Waals surface area (Å²) in [6, 6.07) is 2.10. The minimum Gasteiger partial charge on any atom is -0.493 e. The number of rotatable bonds is 6. The maximum absolute atomic E-state index is 14.0. The first-order valence-electron chi connectivity index (χ1n) is 11.5.